The molecular formula is C21H24FN5O2. The number of rotatable bonds is 8. The summed E-state index contributed by atoms with van der Waals surface area (Å²) >= 11 is 0. The smallest absolute Gasteiger partial charge is 0.225 e. The van der Waals surface area contributed by atoms with Crippen molar-refractivity contribution >= 4 is 17.5 Å². The molecule has 3 rings (SSSR count). The maximum atomic E-state index is 14.0. The number of nitrogens with zero attached hydrogens (tertiary/aromatic N) is 3. The van der Waals surface area contributed by atoms with Crippen LogP contribution in [0.4, 0.5) is 21.8 Å². The summed E-state index contributed by atoms with van der Waals surface area (Å²) in [6.07, 6.45) is 3.39. The van der Waals surface area contributed by atoms with Gasteiger partial charge in [0.05, 0.1) is 25.5 Å². The number of nitrogens with one attached hydrogen (secondary N) is 2. The van der Waals surface area contributed by atoms with E-state index in [-0.39, 0.29) is 24.3 Å². The zero-order valence-corrected chi connectivity index (χ0v) is 16.6. The van der Waals surface area contributed by atoms with Gasteiger partial charge < -0.3 is 20.5 Å². The van der Waals surface area contributed by atoms with E-state index in [1.165, 1.54) is 13.2 Å². The highest BCUT2D eigenvalue weighted by Gasteiger charge is 2.15. The van der Waals surface area contributed by atoms with Crippen LogP contribution in [0.3, 0.4) is 0 Å². The van der Waals surface area contributed by atoms with Crippen molar-refractivity contribution in [2.24, 2.45) is 5.92 Å². The molecule has 0 aliphatic rings. The minimum atomic E-state index is -0.475. The summed E-state index contributed by atoms with van der Waals surface area (Å²) in [4.78, 5) is 13.2. The molecule has 0 amide bonds. The second-order valence-electron chi connectivity index (χ2n) is 6.86. The van der Waals surface area contributed by atoms with Crippen LogP contribution in [0.25, 0.3) is 11.3 Å². The molecule has 2 heterocycles. The predicted octanol–water partition coefficient (Wildman–Crippen LogP) is 3.86. The van der Waals surface area contributed by atoms with E-state index >= 15 is 0 Å². The maximum absolute atomic E-state index is 14.0. The van der Waals surface area contributed by atoms with Gasteiger partial charge >= 0.3 is 0 Å². The maximum Gasteiger partial charge on any atom is 0.225 e. The summed E-state index contributed by atoms with van der Waals surface area (Å²) in [5.41, 5.74) is 1.98. The molecule has 0 radical (unpaired) electrons. The van der Waals surface area contributed by atoms with Crippen LogP contribution in [0.2, 0.25) is 0 Å². The molecule has 0 aliphatic heterocycles. The van der Waals surface area contributed by atoms with Crippen molar-refractivity contribution < 1.29 is 14.2 Å². The van der Waals surface area contributed by atoms with Crippen molar-refractivity contribution in [2.75, 3.05) is 24.4 Å². The average molecular weight is 397 g/mol. The quantitative estimate of drug-likeness (QED) is 0.531. The molecule has 3 aromatic rings. The molecule has 0 saturated carbocycles. The van der Waals surface area contributed by atoms with Crippen molar-refractivity contribution in [3.05, 3.63) is 54.6 Å². The highest BCUT2D eigenvalue weighted by atomic mass is 19.1. The first kappa shape index (κ1) is 20.5. The van der Waals surface area contributed by atoms with Gasteiger partial charge in [0.25, 0.3) is 0 Å². The first-order valence-corrected chi connectivity index (χ1v) is 9.27. The van der Waals surface area contributed by atoms with Crippen LogP contribution in [-0.4, -0.2) is 39.8 Å². The summed E-state index contributed by atoms with van der Waals surface area (Å²) < 4.78 is 19.0. The predicted molar refractivity (Wildman–Crippen MR) is 111 cm³/mol. The van der Waals surface area contributed by atoms with Crippen molar-refractivity contribution in [3.63, 3.8) is 0 Å². The molecule has 7 nitrogen and oxygen atoms in total. The van der Waals surface area contributed by atoms with Crippen LogP contribution < -0.4 is 15.4 Å². The van der Waals surface area contributed by atoms with E-state index in [4.69, 9.17) is 4.74 Å². The topological polar surface area (TPSA) is 92.2 Å². The van der Waals surface area contributed by atoms with E-state index < -0.39 is 5.82 Å². The van der Waals surface area contributed by atoms with Crippen LogP contribution in [-0.2, 0) is 0 Å². The van der Waals surface area contributed by atoms with Gasteiger partial charge in [-0.3, -0.25) is 4.98 Å². The molecule has 8 heteroatoms. The van der Waals surface area contributed by atoms with Gasteiger partial charge in [0.2, 0.25) is 5.95 Å². The van der Waals surface area contributed by atoms with Gasteiger partial charge in [-0.25, -0.2) is 9.37 Å². The number of aliphatic hydroxyl groups is 1. The molecule has 152 valence electrons. The lowest BCUT2D eigenvalue weighted by Crippen LogP contribution is -2.30. The van der Waals surface area contributed by atoms with Crippen molar-refractivity contribution in [1.82, 2.24) is 15.0 Å². The number of pyridine rings is 1. The Morgan fingerprint density at radius 2 is 2.00 bits per heavy atom. The normalized spacial score (nSPS) is 11.9. The summed E-state index contributed by atoms with van der Waals surface area (Å²) in [7, 11) is 1.42. The number of hydrogen-bond acceptors (Lipinski definition) is 7. The van der Waals surface area contributed by atoms with Gasteiger partial charge in [-0.15, -0.1) is 0 Å². The Morgan fingerprint density at radius 3 is 2.62 bits per heavy atom. The van der Waals surface area contributed by atoms with Gasteiger partial charge in [-0.05, 0) is 30.2 Å². The van der Waals surface area contributed by atoms with Crippen molar-refractivity contribution in [1.29, 1.82) is 0 Å². The number of ether oxygens (including phenoxy) is 1. The zero-order chi connectivity index (χ0) is 20.8. The lowest BCUT2D eigenvalue weighted by Gasteiger charge is -2.20. The second-order valence-corrected chi connectivity index (χ2v) is 6.86. The standard InChI is InChI=1S/C21H24FN5O2/c1-13(2)18(12-28)26-21-25-17(14-5-4-8-23-11-14)10-20(27-21)24-15-6-7-19(29-3)16(22)9-15/h4-11,13,18,28H,12H2,1-3H3,(H2,24,25,26,27)/t18-/m0/s1. The molecular weight excluding hydrogens is 373 g/mol. The summed E-state index contributed by atoms with van der Waals surface area (Å²) in [6, 6.07) is 9.84. The fourth-order valence-corrected chi connectivity index (χ4v) is 2.72. The number of halogens is 1. The third kappa shape index (κ3) is 5.17. The molecule has 2 aromatic heterocycles. The third-order valence-corrected chi connectivity index (χ3v) is 4.42. The SMILES string of the molecule is COc1ccc(Nc2cc(-c3cccnc3)nc(N[C@@H](CO)C(C)C)n2)cc1F. The first-order valence-electron chi connectivity index (χ1n) is 9.27. The number of hydrogen-bond donors (Lipinski definition) is 3. The summed E-state index contributed by atoms with van der Waals surface area (Å²) in [6.45, 7) is 3.95. The van der Waals surface area contributed by atoms with Crippen LogP contribution >= 0.6 is 0 Å². The van der Waals surface area contributed by atoms with Crippen LogP contribution in [0.1, 0.15) is 13.8 Å². The average Bonchev–Trinajstić information content (AvgIpc) is 2.72. The van der Waals surface area contributed by atoms with Crippen molar-refractivity contribution in [3.8, 4) is 17.0 Å². The van der Waals surface area contributed by atoms with E-state index in [1.807, 2.05) is 26.0 Å². The summed E-state index contributed by atoms with van der Waals surface area (Å²) in [5, 5.41) is 15.9. The Morgan fingerprint density at radius 1 is 1.17 bits per heavy atom. The first-order chi connectivity index (χ1) is 14.0. The van der Waals surface area contributed by atoms with Crippen LogP contribution in [0.15, 0.2) is 48.8 Å². The largest absolute Gasteiger partial charge is 0.494 e. The Hall–Kier alpha value is -3.26. The molecule has 0 aliphatic carbocycles. The number of benzene rings is 1. The number of methoxy groups -OCH3 is 1. The molecule has 3 N–H and O–H groups in total. The Balaban J connectivity index is 1.96. The Kier molecular flexibility index (Phi) is 6.56. The Labute approximate surface area is 169 Å². The van der Waals surface area contributed by atoms with Gasteiger partial charge in [0, 0.05) is 35.8 Å². The second kappa shape index (κ2) is 9.29. The van der Waals surface area contributed by atoms with E-state index in [0.717, 1.165) is 5.56 Å². The highest BCUT2D eigenvalue weighted by Crippen LogP contribution is 2.26. The molecule has 0 bridgehead atoms. The van der Waals surface area contributed by atoms with Crippen LogP contribution in [0, 0.1) is 11.7 Å². The fraction of sp³-hybridized carbons (Fsp3) is 0.286. The van der Waals surface area contributed by atoms with Gasteiger partial charge in [-0.2, -0.15) is 4.98 Å². The molecule has 0 spiro atoms. The fourth-order valence-electron chi connectivity index (χ4n) is 2.72. The van der Waals surface area contributed by atoms with Gasteiger partial charge in [-0.1, -0.05) is 13.8 Å². The number of aromatic nitrogens is 3. The third-order valence-electron chi connectivity index (χ3n) is 4.42. The van der Waals surface area contributed by atoms with Gasteiger partial charge in [0.1, 0.15) is 5.82 Å². The number of aliphatic hydroxyl groups excluding tert-OH is 1. The molecule has 0 saturated heterocycles. The number of anilines is 3. The van der Waals surface area contributed by atoms with E-state index in [9.17, 15) is 9.50 Å². The monoisotopic (exact) mass is 397 g/mol. The lowest BCUT2D eigenvalue weighted by atomic mass is 10.1. The van der Waals surface area contributed by atoms with Crippen LogP contribution in [0.5, 0.6) is 5.75 Å². The minimum Gasteiger partial charge on any atom is -0.494 e. The minimum absolute atomic E-state index is 0.0510. The van der Waals surface area contributed by atoms with E-state index in [1.54, 1.807) is 30.6 Å². The molecule has 0 unspecified atom stereocenters. The molecule has 1 aromatic carbocycles. The van der Waals surface area contributed by atoms with E-state index in [2.05, 4.69) is 25.6 Å². The Bertz CT molecular complexity index is 953. The lowest BCUT2D eigenvalue weighted by molar-refractivity contribution is 0.248. The summed E-state index contributed by atoms with van der Waals surface area (Å²) in [5.74, 6) is 0.705. The van der Waals surface area contributed by atoms with E-state index in [0.29, 0.717) is 23.1 Å². The van der Waals surface area contributed by atoms with Gasteiger partial charge in [0.15, 0.2) is 11.6 Å². The molecule has 29 heavy (non-hydrogen) atoms. The zero-order valence-electron chi connectivity index (χ0n) is 16.6. The molecule has 0 fully saturated rings. The highest BCUT2D eigenvalue weighted by molar-refractivity contribution is 5.67. The molecule has 1 atom stereocenters. The van der Waals surface area contributed by atoms with Crippen molar-refractivity contribution in [2.45, 2.75) is 19.9 Å².